The van der Waals surface area contributed by atoms with Gasteiger partial charge in [0, 0.05) is 25.1 Å². The van der Waals surface area contributed by atoms with Crippen molar-refractivity contribution in [2.75, 3.05) is 26.8 Å². The number of carbonyl (C=O) groups is 1. The van der Waals surface area contributed by atoms with Gasteiger partial charge in [0.15, 0.2) is 5.78 Å². The molecular formula is C14H29NO2. The van der Waals surface area contributed by atoms with Gasteiger partial charge in [-0.2, -0.15) is 0 Å². The van der Waals surface area contributed by atoms with Crippen LogP contribution in [-0.4, -0.2) is 43.5 Å². The van der Waals surface area contributed by atoms with Crippen molar-refractivity contribution in [3.05, 3.63) is 0 Å². The highest BCUT2D eigenvalue weighted by Crippen LogP contribution is 2.17. The molecule has 0 aromatic carbocycles. The van der Waals surface area contributed by atoms with Crippen LogP contribution in [0.1, 0.15) is 47.5 Å². The second kappa shape index (κ2) is 7.83. The van der Waals surface area contributed by atoms with Gasteiger partial charge in [0.25, 0.3) is 0 Å². The fourth-order valence-electron chi connectivity index (χ4n) is 1.83. The Hall–Kier alpha value is -0.410. The van der Waals surface area contributed by atoms with Crippen LogP contribution in [0.3, 0.4) is 0 Å². The number of hydrogen-bond acceptors (Lipinski definition) is 3. The summed E-state index contributed by atoms with van der Waals surface area (Å²) in [7, 11) is 1.71. The maximum Gasteiger partial charge on any atom is 0.152 e. The summed E-state index contributed by atoms with van der Waals surface area (Å²) in [5.74, 6) is 0.306. The summed E-state index contributed by atoms with van der Waals surface area (Å²) in [5, 5.41) is 0. The summed E-state index contributed by atoms with van der Waals surface area (Å²) in [4.78, 5) is 14.4. The maximum absolute atomic E-state index is 12.1. The Morgan fingerprint density at radius 2 is 1.76 bits per heavy atom. The Balaban J connectivity index is 4.52. The Morgan fingerprint density at radius 1 is 1.24 bits per heavy atom. The van der Waals surface area contributed by atoms with E-state index < -0.39 is 0 Å². The molecule has 0 spiro atoms. The first-order chi connectivity index (χ1) is 7.86. The molecule has 3 nitrogen and oxygen atoms in total. The fourth-order valence-corrected chi connectivity index (χ4v) is 1.83. The molecule has 0 amide bonds. The molecule has 17 heavy (non-hydrogen) atoms. The van der Waals surface area contributed by atoms with Gasteiger partial charge in [0.05, 0.1) is 13.2 Å². The summed E-state index contributed by atoms with van der Waals surface area (Å²) < 4.78 is 5.13. The highest BCUT2D eigenvalue weighted by molar-refractivity contribution is 5.85. The quantitative estimate of drug-likeness (QED) is 0.656. The van der Waals surface area contributed by atoms with Gasteiger partial charge >= 0.3 is 0 Å². The molecule has 0 saturated carbocycles. The van der Waals surface area contributed by atoms with E-state index in [0.717, 1.165) is 19.4 Å². The largest absolute Gasteiger partial charge is 0.383 e. The molecule has 0 radical (unpaired) electrons. The molecule has 0 atom stereocenters. The Kier molecular flexibility index (Phi) is 7.64. The number of nitrogens with zero attached hydrogens (tertiary/aromatic N) is 1. The van der Waals surface area contributed by atoms with E-state index in [2.05, 4.69) is 18.7 Å². The number of rotatable bonds is 8. The average molecular weight is 243 g/mol. The Bertz CT molecular complexity index is 217. The van der Waals surface area contributed by atoms with E-state index in [-0.39, 0.29) is 5.41 Å². The first-order valence-corrected chi connectivity index (χ1v) is 6.63. The normalized spacial score (nSPS) is 12.5. The van der Waals surface area contributed by atoms with Gasteiger partial charge in [-0.1, -0.05) is 34.6 Å². The third-order valence-electron chi connectivity index (χ3n) is 3.22. The van der Waals surface area contributed by atoms with Crippen LogP contribution >= 0.6 is 0 Å². The number of ether oxygens (including phenoxy) is 1. The maximum atomic E-state index is 12.1. The Labute approximate surface area is 107 Å². The van der Waals surface area contributed by atoms with Crippen LogP contribution in [-0.2, 0) is 9.53 Å². The van der Waals surface area contributed by atoms with E-state index in [1.165, 1.54) is 0 Å². The summed E-state index contributed by atoms with van der Waals surface area (Å²) in [6, 6.07) is 0.483. The van der Waals surface area contributed by atoms with Crippen molar-refractivity contribution in [2.24, 2.45) is 5.41 Å². The van der Waals surface area contributed by atoms with Crippen LogP contribution in [0, 0.1) is 5.41 Å². The molecule has 0 N–H and O–H groups in total. The van der Waals surface area contributed by atoms with Crippen molar-refractivity contribution in [3.8, 4) is 0 Å². The van der Waals surface area contributed by atoms with Crippen molar-refractivity contribution >= 4 is 5.78 Å². The summed E-state index contributed by atoms with van der Waals surface area (Å²) in [6.45, 7) is 12.4. The minimum absolute atomic E-state index is 0.253. The van der Waals surface area contributed by atoms with E-state index >= 15 is 0 Å². The molecule has 3 heteroatoms. The lowest BCUT2D eigenvalue weighted by Crippen LogP contribution is -2.43. The van der Waals surface area contributed by atoms with Crippen molar-refractivity contribution in [3.63, 3.8) is 0 Å². The number of carbonyl (C=O) groups excluding carboxylic acids is 1. The molecule has 0 fully saturated rings. The lowest BCUT2D eigenvalue weighted by molar-refractivity contribution is -0.128. The first kappa shape index (κ1) is 16.6. The average Bonchev–Trinajstić information content (AvgIpc) is 2.25. The predicted molar refractivity (Wildman–Crippen MR) is 72.3 cm³/mol. The van der Waals surface area contributed by atoms with E-state index in [0.29, 0.717) is 25.0 Å². The minimum atomic E-state index is -0.253. The van der Waals surface area contributed by atoms with Crippen molar-refractivity contribution in [1.29, 1.82) is 0 Å². The zero-order chi connectivity index (χ0) is 13.5. The van der Waals surface area contributed by atoms with Gasteiger partial charge in [0.1, 0.15) is 0 Å². The molecule has 102 valence electrons. The van der Waals surface area contributed by atoms with Crippen LogP contribution < -0.4 is 0 Å². The number of hydrogen-bond donors (Lipinski definition) is 0. The van der Waals surface area contributed by atoms with Gasteiger partial charge in [-0.05, 0) is 12.8 Å². The second-order valence-corrected chi connectivity index (χ2v) is 5.61. The molecule has 0 saturated heterocycles. The van der Waals surface area contributed by atoms with Crippen LogP contribution in [0.2, 0.25) is 0 Å². The molecule has 0 aliphatic carbocycles. The predicted octanol–water partition coefficient (Wildman–Crippen LogP) is 2.74. The van der Waals surface area contributed by atoms with E-state index in [1.807, 2.05) is 20.8 Å². The first-order valence-electron chi connectivity index (χ1n) is 6.63. The van der Waals surface area contributed by atoms with E-state index in [9.17, 15) is 4.79 Å². The molecule has 0 heterocycles. The summed E-state index contributed by atoms with van der Waals surface area (Å²) >= 11 is 0. The zero-order valence-electron chi connectivity index (χ0n) is 12.4. The topological polar surface area (TPSA) is 29.5 Å². The van der Waals surface area contributed by atoms with Crippen LogP contribution in [0.5, 0.6) is 0 Å². The monoisotopic (exact) mass is 243 g/mol. The van der Waals surface area contributed by atoms with Crippen LogP contribution in [0.4, 0.5) is 0 Å². The zero-order valence-corrected chi connectivity index (χ0v) is 12.4. The highest BCUT2D eigenvalue weighted by Gasteiger charge is 2.25. The summed E-state index contributed by atoms with van der Waals surface area (Å²) in [6.07, 6.45) is 2.16. The van der Waals surface area contributed by atoms with Gasteiger partial charge in [-0.25, -0.2) is 0 Å². The second-order valence-electron chi connectivity index (χ2n) is 5.61. The Morgan fingerprint density at radius 3 is 2.12 bits per heavy atom. The van der Waals surface area contributed by atoms with Crippen molar-refractivity contribution < 1.29 is 9.53 Å². The van der Waals surface area contributed by atoms with Crippen LogP contribution in [0.25, 0.3) is 0 Å². The SMILES string of the molecule is CCC(CC)N(CCOC)CC(=O)C(C)(C)C. The minimum Gasteiger partial charge on any atom is -0.383 e. The molecule has 0 aliphatic rings. The molecule has 0 rings (SSSR count). The number of Topliss-reactive ketones (excluding diaryl/α,β-unsaturated/α-hetero) is 1. The number of ketones is 1. The third kappa shape index (κ3) is 6.18. The lowest BCUT2D eigenvalue weighted by Gasteiger charge is -2.31. The van der Waals surface area contributed by atoms with Gasteiger partial charge < -0.3 is 4.74 Å². The van der Waals surface area contributed by atoms with Gasteiger partial charge in [-0.3, -0.25) is 9.69 Å². The van der Waals surface area contributed by atoms with Crippen molar-refractivity contribution in [2.45, 2.75) is 53.5 Å². The van der Waals surface area contributed by atoms with Gasteiger partial charge in [-0.15, -0.1) is 0 Å². The summed E-state index contributed by atoms with van der Waals surface area (Å²) in [5.41, 5.74) is -0.253. The van der Waals surface area contributed by atoms with E-state index in [4.69, 9.17) is 4.74 Å². The molecule has 0 aromatic rings. The van der Waals surface area contributed by atoms with Crippen LogP contribution in [0.15, 0.2) is 0 Å². The highest BCUT2D eigenvalue weighted by atomic mass is 16.5. The standard InChI is InChI=1S/C14H29NO2/c1-7-12(8-2)15(9-10-17-6)11-13(16)14(3,4)5/h12H,7-11H2,1-6H3. The molecule has 0 aromatic heterocycles. The molecule has 0 aliphatic heterocycles. The smallest absolute Gasteiger partial charge is 0.152 e. The van der Waals surface area contributed by atoms with Crippen molar-refractivity contribution in [1.82, 2.24) is 4.90 Å². The molecular weight excluding hydrogens is 214 g/mol. The third-order valence-corrected chi connectivity index (χ3v) is 3.22. The fraction of sp³-hybridized carbons (Fsp3) is 0.929. The molecule has 0 unspecified atom stereocenters. The van der Waals surface area contributed by atoms with E-state index in [1.54, 1.807) is 7.11 Å². The number of methoxy groups -OCH3 is 1. The lowest BCUT2D eigenvalue weighted by atomic mass is 9.90. The van der Waals surface area contributed by atoms with Gasteiger partial charge in [0.2, 0.25) is 0 Å². The molecule has 0 bridgehead atoms.